The van der Waals surface area contributed by atoms with E-state index >= 15 is 0 Å². The van der Waals surface area contributed by atoms with Gasteiger partial charge in [0.15, 0.2) is 0 Å². The predicted octanol–water partition coefficient (Wildman–Crippen LogP) is 2.47. The summed E-state index contributed by atoms with van der Waals surface area (Å²) in [7, 11) is 4.12. The summed E-state index contributed by atoms with van der Waals surface area (Å²) in [6.45, 7) is 2.16. The molecule has 1 aromatic rings. The molecule has 0 spiro atoms. The monoisotopic (exact) mass is 228 g/mol. The van der Waals surface area contributed by atoms with Crippen molar-refractivity contribution in [3.63, 3.8) is 0 Å². The zero-order valence-electron chi connectivity index (χ0n) is 7.58. The summed E-state index contributed by atoms with van der Waals surface area (Å²) in [6, 6.07) is 2.51. The summed E-state index contributed by atoms with van der Waals surface area (Å²) in [5.41, 5.74) is 1.23. The van der Waals surface area contributed by atoms with Crippen molar-refractivity contribution in [1.82, 2.24) is 9.88 Å². The summed E-state index contributed by atoms with van der Waals surface area (Å²) in [4.78, 5) is 6.27. The van der Waals surface area contributed by atoms with Crippen LogP contribution < -0.4 is 0 Å². The van der Waals surface area contributed by atoms with Crippen molar-refractivity contribution >= 4 is 15.9 Å². The maximum atomic E-state index is 4.11. The van der Waals surface area contributed by atoms with Gasteiger partial charge in [-0.05, 0) is 48.6 Å². The van der Waals surface area contributed by atoms with Crippen LogP contribution >= 0.6 is 15.9 Å². The smallest absolute Gasteiger partial charge is 0.0410 e. The van der Waals surface area contributed by atoms with Gasteiger partial charge in [0.05, 0.1) is 0 Å². The molecule has 0 aliphatic heterocycles. The number of aromatic nitrogens is 1. The van der Waals surface area contributed by atoms with E-state index in [1.165, 1.54) is 5.56 Å². The minimum atomic E-state index is 0.412. The number of nitrogens with zero attached hydrogens (tertiary/aromatic N) is 2. The summed E-state index contributed by atoms with van der Waals surface area (Å²) >= 11 is 3.40. The highest BCUT2D eigenvalue weighted by molar-refractivity contribution is 9.10. The van der Waals surface area contributed by atoms with Gasteiger partial charge < -0.3 is 4.90 Å². The molecule has 1 rings (SSSR count). The van der Waals surface area contributed by atoms with Crippen molar-refractivity contribution < 1.29 is 0 Å². The summed E-state index contributed by atoms with van der Waals surface area (Å²) in [5, 5.41) is 0. The van der Waals surface area contributed by atoms with Crippen LogP contribution in [0, 0.1) is 0 Å². The van der Waals surface area contributed by atoms with Crippen LogP contribution in [0.4, 0.5) is 0 Å². The lowest BCUT2D eigenvalue weighted by molar-refractivity contribution is 0.320. The van der Waals surface area contributed by atoms with Crippen molar-refractivity contribution in [2.75, 3.05) is 14.1 Å². The van der Waals surface area contributed by atoms with Gasteiger partial charge in [0.1, 0.15) is 0 Å². The van der Waals surface area contributed by atoms with Gasteiger partial charge in [-0.15, -0.1) is 0 Å². The molecule has 2 nitrogen and oxygen atoms in total. The molecule has 66 valence electrons. The molecule has 1 heterocycles. The molecule has 1 unspecified atom stereocenters. The fourth-order valence-electron chi connectivity index (χ4n) is 0.955. The highest BCUT2D eigenvalue weighted by Gasteiger charge is 2.07. The van der Waals surface area contributed by atoms with Crippen LogP contribution in [-0.4, -0.2) is 24.0 Å². The molecule has 0 aliphatic rings. The second-order valence-electron chi connectivity index (χ2n) is 3.08. The Kier molecular flexibility index (Phi) is 3.23. The molecule has 0 bridgehead atoms. The maximum absolute atomic E-state index is 4.11. The lowest BCUT2D eigenvalue weighted by Crippen LogP contribution is -2.16. The van der Waals surface area contributed by atoms with E-state index in [1.54, 1.807) is 6.20 Å². The molecule has 0 fully saturated rings. The Bertz CT molecular complexity index is 260. The third-order valence-corrected chi connectivity index (χ3v) is 2.42. The minimum Gasteiger partial charge on any atom is -0.303 e. The highest BCUT2D eigenvalue weighted by atomic mass is 79.9. The van der Waals surface area contributed by atoms with Gasteiger partial charge in [-0.3, -0.25) is 4.98 Å². The van der Waals surface area contributed by atoms with Crippen LogP contribution in [0.5, 0.6) is 0 Å². The topological polar surface area (TPSA) is 16.1 Å². The lowest BCUT2D eigenvalue weighted by Gasteiger charge is -2.19. The van der Waals surface area contributed by atoms with Gasteiger partial charge in [0.25, 0.3) is 0 Å². The van der Waals surface area contributed by atoms with Crippen LogP contribution in [0.15, 0.2) is 22.9 Å². The summed E-state index contributed by atoms with van der Waals surface area (Å²) in [5.74, 6) is 0. The second kappa shape index (κ2) is 4.01. The van der Waals surface area contributed by atoms with Gasteiger partial charge in [-0.1, -0.05) is 0 Å². The third kappa shape index (κ3) is 2.29. The summed E-state index contributed by atoms with van der Waals surface area (Å²) in [6.07, 6.45) is 3.70. The molecule has 0 aromatic carbocycles. The molecule has 3 heteroatoms. The van der Waals surface area contributed by atoms with Gasteiger partial charge in [0.2, 0.25) is 0 Å². The maximum Gasteiger partial charge on any atom is 0.0410 e. The first kappa shape index (κ1) is 9.68. The van der Waals surface area contributed by atoms with E-state index in [0.29, 0.717) is 6.04 Å². The van der Waals surface area contributed by atoms with Crippen LogP contribution in [0.1, 0.15) is 18.5 Å². The van der Waals surface area contributed by atoms with Crippen molar-refractivity contribution in [2.45, 2.75) is 13.0 Å². The van der Waals surface area contributed by atoms with E-state index in [-0.39, 0.29) is 0 Å². The zero-order valence-corrected chi connectivity index (χ0v) is 9.17. The molecule has 12 heavy (non-hydrogen) atoms. The Morgan fingerprint density at radius 2 is 2.08 bits per heavy atom. The van der Waals surface area contributed by atoms with Crippen molar-refractivity contribution in [1.29, 1.82) is 0 Å². The van der Waals surface area contributed by atoms with Crippen LogP contribution in [-0.2, 0) is 0 Å². The molecule has 1 aromatic heterocycles. The third-order valence-electron chi connectivity index (χ3n) is 1.98. The Hall–Kier alpha value is -0.410. The van der Waals surface area contributed by atoms with Gasteiger partial charge in [-0.2, -0.15) is 0 Å². The standard InChI is InChI=1S/C9H13BrN2/c1-7(12(2)3)8-4-9(10)6-11-5-8/h4-7H,1-3H3. The molecule has 0 aliphatic carbocycles. The fraction of sp³-hybridized carbons (Fsp3) is 0.444. The fourth-order valence-corrected chi connectivity index (χ4v) is 1.34. The largest absolute Gasteiger partial charge is 0.303 e. The molecule has 0 saturated heterocycles. The minimum absolute atomic E-state index is 0.412. The van der Waals surface area contributed by atoms with Crippen LogP contribution in [0.3, 0.4) is 0 Å². The van der Waals surface area contributed by atoms with E-state index in [1.807, 2.05) is 6.20 Å². The number of rotatable bonds is 2. The second-order valence-corrected chi connectivity index (χ2v) is 3.99. The first-order valence-corrected chi connectivity index (χ1v) is 4.67. The van der Waals surface area contributed by atoms with E-state index in [9.17, 15) is 0 Å². The molecule has 1 atom stereocenters. The Labute approximate surface area is 81.7 Å². The number of hydrogen-bond donors (Lipinski definition) is 0. The first-order valence-electron chi connectivity index (χ1n) is 3.88. The normalized spacial score (nSPS) is 13.4. The van der Waals surface area contributed by atoms with Crippen molar-refractivity contribution in [3.05, 3.63) is 28.5 Å². The lowest BCUT2D eigenvalue weighted by atomic mass is 10.1. The van der Waals surface area contributed by atoms with E-state index < -0.39 is 0 Å². The average molecular weight is 229 g/mol. The predicted molar refractivity (Wildman–Crippen MR) is 54.0 cm³/mol. The molecule has 0 N–H and O–H groups in total. The van der Waals surface area contributed by atoms with Crippen LogP contribution in [0.2, 0.25) is 0 Å². The Morgan fingerprint density at radius 3 is 2.58 bits per heavy atom. The SMILES string of the molecule is CC(c1cncc(Br)c1)N(C)C. The number of hydrogen-bond acceptors (Lipinski definition) is 2. The average Bonchev–Trinajstić information content (AvgIpc) is 2.03. The Balaban J connectivity index is 2.88. The van der Waals surface area contributed by atoms with E-state index in [2.05, 4.69) is 52.9 Å². The van der Waals surface area contributed by atoms with Gasteiger partial charge in [-0.25, -0.2) is 0 Å². The van der Waals surface area contributed by atoms with Crippen LogP contribution in [0.25, 0.3) is 0 Å². The number of halogens is 1. The molecule has 0 radical (unpaired) electrons. The molecular weight excluding hydrogens is 216 g/mol. The number of pyridine rings is 1. The zero-order chi connectivity index (χ0) is 9.14. The molecule has 0 saturated carbocycles. The van der Waals surface area contributed by atoms with E-state index in [0.717, 1.165) is 4.47 Å². The van der Waals surface area contributed by atoms with Gasteiger partial charge in [0, 0.05) is 22.9 Å². The van der Waals surface area contributed by atoms with Crippen molar-refractivity contribution in [3.8, 4) is 0 Å². The van der Waals surface area contributed by atoms with Gasteiger partial charge >= 0.3 is 0 Å². The highest BCUT2D eigenvalue weighted by Crippen LogP contribution is 2.19. The first-order chi connectivity index (χ1) is 5.61. The molecular formula is C9H13BrN2. The van der Waals surface area contributed by atoms with E-state index in [4.69, 9.17) is 0 Å². The van der Waals surface area contributed by atoms with Crippen molar-refractivity contribution in [2.24, 2.45) is 0 Å². The Morgan fingerprint density at radius 1 is 1.42 bits per heavy atom. The molecule has 0 amide bonds. The summed E-state index contributed by atoms with van der Waals surface area (Å²) < 4.78 is 1.04. The quantitative estimate of drug-likeness (QED) is 0.774.